The molecule has 1 aliphatic rings. The Balaban J connectivity index is 1.66. The summed E-state index contributed by atoms with van der Waals surface area (Å²) in [6.45, 7) is 2.26. The zero-order chi connectivity index (χ0) is 19.2. The smallest absolute Gasteiger partial charge is 0.251 e. The third-order valence-electron chi connectivity index (χ3n) is 4.88. The largest absolute Gasteiger partial charge is 0.340 e. The van der Waals surface area contributed by atoms with Crippen LogP contribution in [0.3, 0.4) is 0 Å². The highest BCUT2D eigenvalue weighted by molar-refractivity contribution is 5.94. The predicted octanol–water partition coefficient (Wildman–Crippen LogP) is 1.42. The summed E-state index contributed by atoms with van der Waals surface area (Å²) in [7, 11) is 4.16. The number of hydrogen-bond acceptors (Lipinski definition) is 2. The number of nitrogens with zero attached hydrogens (tertiary/aromatic N) is 1. The molecular weight excluding hydrogens is 338 g/mol. The van der Waals surface area contributed by atoms with Crippen molar-refractivity contribution in [2.24, 2.45) is 0 Å². The Kier molecular flexibility index (Phi) is 6.24. The van der Waals surface area contributed by atoms with Crippen molar-refractivity contribution in [3.8, 4) is 0 Å². The van der Waals surface area contributed by atoms with Crippen molar-refractivity contribution in [2.75, 3.05) is 27.2 Å². The van der Waals surface area contributed by atoms with Crippen LogP contribution in [-0.2, 0) is 11.3 Å². The molecule has 1 fully saturated rings. The van der Waals surface area contributed by atoms with Crippen LogP contribution >= 0.6 is 0 Å². The van der Waals surface area contributed by atoms with Gasteiger partial charge in [-0.25, -0.2) is 0 Å². The van der Waals surface area contributed by atoms with Crippen LogP contribution in [0.2, 0.25) is 0 Å². The van der Waals surface area contributed by atoms with E-state index in [1.807, 2.05) is 59.5 Å². The van der Waals surface area contributed by atoms with Gasteiger partial charge in [-0.15, -0.1) is 0 Å². The molecule has 5 heteroatoms. The number of hydrogen-bond donors (Lipinski definition) is 2. The molecule has 1 heterocycles. The molecular formula is C22H28N3O2+. The number of likely N-dealkylation sites (tertiary alicyclic amines) is 1. The topological polar surface area (TPSA) is 53.9 Å². The number of likely N-dealkylation sites (N-methyl/N-ethyl adjacent to an activating group) is 1. The number of quaternary nitrogens is 1. The van der Waals surface area contributed by atoms with Gasteiger partial charge in [0.25, 0.3) is 5.91 Å². The first-order valence-electron chi connectivity index (χ1n) is 9.54. The molecule has 0 radical (unpaired) electrons. The van der Waals surface area contributed by atoms with Crippen molar-refractivity contribution in [3.05, 3.63) is 71.3 Å². The van der Waals surface area contributed by atoms with Crippen molar-refractivity contribution >= 4 is 11.8 Å². The average Bonchev–Trinajstić information content (AvgIpc) is 3.07. The van der Waals surface area contributed by atoms with E-state index in [0.717, 1.165) is 30.6 Å². The molecule has 2 aromatic rings. The molecule has 0 aromatic heterocycles. The summed E-state index contributed by atoms with van der Waals surface area (Å²) in [5, 5.41) is 3.16. The van der Waals surface area contributed by atoms with Gasteiger partial charge in [-0.1, -0.05) is 42.5 Å². The van der Waals surface area contributed by atoms with E-state index in [-0.39, 0.29) is 17.9 Å². The van der Waals surface area contributed by atoms with Gasteiger partial charge in [0, 0.05) is 25.1 Å². The number of benzene rings is 2. The monoisotopic (exact) mass is 366 g/mol. The minimum Gasteiger partial charge on any atom is -0.340 e. The van der Waals surface area contributed by atoms with E-state index in [4.69, 9.17) is 0 Å². The molecule has 2 amide bonds. The van der Waals surface area contributed by atoms with Gasteiger partial charge in [-0.05, 0) is 29.7 Å². The maximum absolute atomic E-state index is 12.7. The second kappa shape index (κ2) is 8.82. The predicted molar refractivity (Wildman–Crippen MR) is 105 cm³/mol. The molecule has 27 heavy (non-hydrogen) atoms. The SMILES string of the molecule is C[NH+](C)C[C@@H](NC(=O)c1ccc(CN2CCCC2=O)cc1)c1ccccc1. The zero-order valence-electron chi connectivity index (χ0n) is 16.1. The average molecular weight is 366 g/mol. The maximum Gasteiger partial charge on any atom is 0.251 e. The number of rotatable bonds is 7. The third kappa shape index (κ3) is 5.17. The Labute approximate surface area is 161 Å². The fourth-order valence-corrected chi connectivity index (χ4v) is 3.44. The molecule has 0 aliphatic carbocycles. The van der Waals surface area contributed by atoms with Gasteiger partial charge in [-0.2, -0.15) is 0 Å². The highest BCUT2D eigenvalue weighted by atomic mass is 16.2. The Bertz CT molecular complexity index is 772. The van der Waals surface area contributed by atoms with Crippen LogP contribution in [0.4, 0.5) is 0 Å². The second-order valence-electron chi connectivity index (χ2n) is 7.46. The quantitative estimate of drug-likeness (QED) is 0.779. The van der Waals surface area contributed by atoms with Crippen LogP contribution in [-0.4, -0.2) is 43.9 Å². The Morgan fingerprint density at radius 1 is 1.11 bits per heavy atom. The van der Waals surface area contributed by atoms with E-state index in [1.165, 1.54) is 4.90 Å². The second-order valence-corrected chi connectivity index (χ2v) is 7.46. The van der Waals surface area contributed by atoms with E-state index < -0.39 is 0 Å². The molecule has 1 aliphatic heterocycles. The molecule has 5 nitrogen and oxygen atoms in total. The van der Waals surface area contributed by atoms with Crippen LogP contribution in [0.25, 0.3) is 0 Å². The lowest BCUT2D eigenvalue weighted by Gasteiger charge is -2.21. The van der Waals surface area contributed by atoms with Crippen molar-refractivity contribution in [2.45, 2.75) is 25.4 Å². The molecule has 2 N–H and O–H groups in total. The van der Waals surface area contributed by atoms with Crippen LogP contribution in [0.5, 0.6) is 0 Å². The van der Waals surface area contributed by atoms with Gasteiger partial charge < -0.3 is 15.1 Å². The first-order chi connectivity index (χ1) is 13.0. The number of carbonyl (C=O) groups is 2. The van der Waals surface area contributed by atoms with Crippen LogP contribution in [0, 0.1) is 0 Å². The van der Waals surface area contributed by atoms with Gasteiger partial charge in [0.15, 0.2) is 0 Å². The fourth-order valence-electron chi connectivity index (χ4n) is 3.44. The lowest BCUT2D eigenvalue weighted by molar-refractivity contribution is -0.860. The van der Waals surface area contributed by atoms with Crippen LogP contribution in [0.1, 0.15) is 40.4 Å². The fraction of sp³-hybridized carbons (Fsp3) is 0.364. The lowest BCUT2D eigenvalue weighted by Crippen LogP contribution is -3.06. The highest BCUT2D eigenvalue weighted by Gasteiger charge is 2.21. The summed E-state index contributed by atoms with van der Waals surface area (Å²) >= 11 is 0. The van der Waals surface area contributed by atoms with Gasteiger partial charge >= 0.3 is 0 Å². The number of nitrogens with one attached hydrogen (secondary N) is 2. The molecule has 2 aromatic carbocycles. The van der Waals surface area contributed by atoms with E-state index >= 15 is 0 Å². The number of carbonyl (C=O) groups excluding carboxylic acids is 2. The summed E-state index contributed by atoms with van der Waals surface area (Å²) in [6, 6.07) is 17.6. The maximum atomic E-state index is 12.7. The first kappa shape index (κ1) is 19.1. The summed E-state index contributed by atoms with van der Waals surface area (Å²) < 4.78 is 0. The van der Waals surface area contributed by atoms with Crippen molar-refractivity contribution in [1.82, 2.24) is 10.2 Å². The Morgan fingerprint density at radius 2 is 1.81 bits per heavy atom. The van der Waals surface area contributed by atoms with Crippen molar-refractivity contribution < 1.29 is 14.5 Å². The highest BCUT2D eigenvalue weighted by Crippen LogP contribution is 2.16. The van der Waals surface area contributed by atoms with Crippen molar-refractivity contribution in [1.29, 1.82) is 0 Å². The molecule has 0 saturated carbocycles. The summed E-state index contributed by atoms with van der Waals surface area (Å²) in [5.41, 5.74) is 2.80. The molecule has 0 spiro atoms. The Hall–Kier alpha value is -2.66. The third-order valence-corrected chi connectivity index (χ3v) is 4.88. The Morgan fingerprint density at radius 3 is 2.41 bits per heavy atom. The van der Waals surface area contributed by atoms with E-state index in [2.05, 4.69) is 19.4 Å². The van der Waals surface area contributed by atoms with Crippen LogP contribution < -0.4 is 10.2 Å². The van der Waals surface area contributed by atoms with Gasteiger partial charge in [0.1, 0.15) is 12.6 Å². The minimum atomic E-state index is -0.0751. The van der Waals surface area contributed by atoms with E-state index in [0.29, 0.717) is 18.5 Å². The molecule has 3 rings (SSSR count). The van der Waals surface area contributed by atoms with Crippen molar-refractivity contribution in [3.63, 3.8) is 0 Å². The van der Waals surface area contributed by atoms with E-state index in [9.17, 15) is 9.59 Å². The van der Waals surface area contributed by atoms with Gasteiger partial charge in [0.05, 0.1) is 14.1 Å². The van der Waals surface area contributed by atoms with Gasteiger partial charge in [0.2, 0.25) is 5.91 Å². The van der Waals surface area contributed by atoms with Crippen LogP contribution in [0.15, 0.2) is 54.6 Å². The molecule has 142 valence electrons. The zero-order valence-corrected chi connectivity index (χ0v) is 16.1. The summed E-state index contributed by atoms with van der Waals surface area (Å²) in [4.78, 5) is 27.6. The molecule has 1 atom stereocenters. The molecule has 0 bridgehead atoms. The molecule has 0 unspecified atom stereocenters. The van der Waals surface area contributed by atoms with Gasteiger partial charge in [-0.3, -0.25) is 9.59 Å². The lowest BCUT2D eigenvalue weighted by atomic mass is 10.1. The van der Waals surface area contributed by atoms with E-state index in [1.54, 1.807) is 0 Å². The minimum absolute atomic E-state index is 0.0365. The first-order valence-corrected chi connectivity index (χ1v) is 9.54. The normalized spacial score (nSPS) is 15.2. The molecule has 1 saturated heterocycles. The number of amides is 2. The standard InChI is InChI=1S/C22H27N3O2/c1-24(2)16-20(18-7-4-3-5-8-18)23-22(27)19-12-10-17(11-13-19)15-25-14-6-9-21(25)26/h3-5,7-8,10-13,20H,6,9,14-16H2,1-2H3,(H,23,27)/p+1/t20-/m1/s1. The summed E-state index contributed by atoms with van der Waals surface area (Å²) in [6.07, 6.45) is 1.59. The summed E-state index contributed by atoms with van der Waals surface area (Å²) in [5.74, 6) is 0.141.